The number of carboxylic acids is 1. The third-order valence-corrected chi connectivity index (χ3v) is 5.17. The number of nitrogens with zero attached hydrogens (tertiary/aromatic N) is 1. The lowest BCUT2D eigenvalue weighted by molar-refractivity contribution is -0.384. The molecular formula is C19H17N2O6P. The van der Waals surface area contributed by atoms with E-state index >= 15 is 0 Å². The number of benzene rings is 3. The van der Waals surface area contributed by atoms with Gasteiger partial charge in [0.15, 0.2) is 0 Å². The minimum atomic E-state index is -1.88. The number of nitro benzene ring substituents is 1. The van der Waals surface area contributed by atoms with E-state index in [0.717, 1.165) is 10.8 Å². The summed E-state index contributed by atoms with van der Waals surface area (Å²) in [7, 11) is -1.88. The summed E-state index contributed by atoms with van der Waals surface area (Å²) in [5.41, 5.74) is -0.0708. The molecule has 2 unspecified atom stereocenters. The molecule has 0 saturated heterocycles. The van der Waals surface area contributed by atoms with Gasteiger partial charge >= 0.3 is 14.5 Å². The van der Waals surface area contributed by atoms with Gasteiger partial charge < -0.3 is 14.2 Å². The van der Waals surface area contributed by atoms with E-state index in [4.69, 9.17) is 9.05 Å². The first-order valence-electron chi connectivity index (χ1n) is 8.31. The zero-order valence-electron chi connectivity index (χ0n) is 14.8. The molecule has 0 saturated carbocycles. The molecular weight excluding hydrogens is 383 g/mol. The van der Waals surface area contributed by atoms with Crippen LogP contribution in [0.5, 0.6) is 11.5 Å². The Labute approximate surface area is 161 Å². The van der Waals surface area contributed by atoms with Crippen LogP contribution in [-0.2, 0) is 4.79 Å². The molecule has 0 aliphatic rings. The largest absolute Gasteiger partial charge is 0.480 e. The monoisotopic (exact) mass is 400 g/mol. The van der Waals surface area contributed by atoms with Crippen molar-refractivity contribution < 1.29 is 23.9 Å². The Morgan fingerprint density at radius 1 is 1.07 bits per heavy atom. The van der Waals surface area contributed by atoms with E-state index in [1.165, 1.54) is 31.2 Å². The molecule has 3 aromatic carbocycles. The summed E-state index contributed by atoms with van der Waals surface area (Å²) in [4.78, 5) is 21.5. The number of non-ortho nitro benzene ring substituents is 1. The molecule has 8 nitrogen and oxygen atoms in total. The molecule has 2 N–H and O–H groups in total. The molecule has 9 heteroatoms. The average Bonchev–Trinajstić information content (AvgIpc) is 2.68. The van der Waals surface area contributed by atoms with Gasteiger partial charge in [0.2, 0.25) is 0 Å². The number of nitro groups is 1. The van der Waals surface area contributed by atoms with Gasteiger partial charge in [-0.15, -0.1) is 0 Å². The number of hydrogen-bond acceptors (Lipinski definition) is 6. The Hall–Kier alpha value is -3.22. The zero-order valence-corrected chi connectivity index (χ0v) is 15.7. The molecule has 0 bridgehead atoms. The Kier molecular flexibility index (Phi) is 6.03. The van der Waals surface area contributed by atoms with Gasteiger partial charge in [0, 0.05) is 17.5 Å². The van der Waals surface area contributed by atoms with E-state index in [1.54, 1.807) is 6.07 Å². The number of aliphatic carboxylic acids is 1. The van der Waals surface area contributed by atoms with Crippen LogP contribution in [0.25, 0.3) is 10.8 Å². The number of nitrogens with one attached hydrogen (secondary N) is 1. The van der Waals surface area contributed by atoms with Crippen LogP contribution in [0.3, 0.4) is 0 Å². The molecule has 3 aromatic rings. The second-order valence-corrected chi connectivity index (χ2v) is 6.99. The highest BCUT2D eigenvalue weighted by Crippen LogP contribution is 2.40. The minimum absolute atomic E-state index is 0.0708. The predicted octanol–water partition coefficient (Wildman–Crippen LogP) is 4.50. The first-order valence-corrected chi connectivity index (χ1v) is 9.49. The lowest BCUT2D eigenvalue weighted by Gasteiger charge is -2.21. The molecule has 3 rings (SSSR count). The average molecular weight is 400 g/mol. The summed E-state index contributed by atoms with van der Waals surface area (Å²) in [6.45, 7) is 1.48. The van der Waals surface area contributed by atoms with Crippen molar-refractivity contribution in [3.05, 3.63) is 76.8 Å². The number of fused-ring (bicyclic) bond motifs is 1. The molecule has 0 radical (unpaired) electrons. The van der Waals surface area contributed by atoms with Gasteiger partial charge in [-0.05, 0) is 30.5 Å². The van der Waals surface area contributed by atoms with E-state index < -0.39 is 25.5 Å². The fourth-order valence-electron chi connectivity index (χ4n) is 2.37. The summed E-state index contributed by atoms with van der Waals surface area (Å²) in [5.74, 6) is -0.195. The molecule has 0 amide bonds. The van der Waals surface area contributed by atoms with Gasteiger partial charge in [0.05, 0.1) is 4.92 Å². The number of hydrogen-bond donors (Lipinski definition) is 2. The van der Waals surface area contributed by atoms with Gasteiger partial charge in [-0.2, -0.15) is 0 Å². The number of carbonyl (C=O) groups is 1. The van der Waals surface area contributed by atoms with Crippen molar-refractivity contribution in [2.24, 2.45) is 0 Å². The van der Waals surface area contributed by atoms with Crippen LogP contribution in [0.4, 0.5) is 5.69 Å². The highest BCUT2D eigenvalue weighted by molar-refractivity contribution is 7.45. The molecule has 28 heavy (non-hydrogen) atoms. The number of carboxylic acid groups (broad SMARTS) is 1. The summed E-state index contributed by atoms with van der Waals surface area (Å²) in [6.07, 6.45) is 0. The molecule has 0 aromatic heterocycles. The van der Waals surface area contributed by atoms with Crippen LogP contribution in [0, 0.1) is 10.1 Å². The second kappa shape index (κ2) is 8.65. The van der Waals surface area contributed by atoms with E-state index in [-0.39, 0.29) is 5.69 Å². The van der Waals surface area contributed by atoms with Crippen molar-refractivity contribution in [3.63, 3.8) is 0 Å². The van der Waals surface area contributed by atoms with Crippen molar-refractivity contribution in [1.82, 2.24) is 5.09 Å². The van der Waals surface area contributed by atoms with Gasteiger partial charge in [-0.1, -0.05) is 36.4 Å². The quantitative estimate of drug-likeness (QED) is 0.325. The maximum Gasteiger partial charge on any atom is 0.382 e. The summed E-state index contributed by atoms with van der Waals surface area (Å²) in [5, 5.41) is 24.6. The van der Waals surface area contributed by atoms with Gasteiger partial charge in [0.1, 0.15) is 17.5 Å². The Bertz CT molecular complexity index is 990. The Balaban J connectivity index is 1.85. The maximum atomic E-state index is 11.2. The zero-order chi connectivity index (χ0) is 20.1. The summed E-state index contributed by atoms with van der Waals surface area (Å²) < 4.78 is 11.7. The normalized spacial score (nSPS) is 12.9. The minimum Gasteiger partial charge on any atom is -0.480 e. The third kappa shape index (κ3) is 4.73. The van der Waals surface area contributed by atoms with Crippen LogP contribution >= 0.6 is 8.53 Å². The van der Waals surface area contributed by atoms with E-state index in [0.29, 0.717) is 11.5 Å². The molecule has 0 heterocycles. The highest BCUT2D eigenvalue weighted by atomic mass is 31.2. The fraction of sp³-hybridized carbons (Fsp3) is 0.105. The lowest BCUT2D eigenvalue weighted by atomic mass is 10.1. The fourth-order valence-corrected chi connectivity index (χ4v) is 3.59. The van der Waals surface area contributed by atoms with Gasteiger partial charge in [-0.25, -0.2) is 5.09 Å². The van der Waals surface area contributed by atoms with Crippen molar-refractivity contribution in [2.45, 2.75) is 13.0 Å². The van der Waals surface area contributed by atoms with E-state index in [1.807, 2.05) is 36.4 Å². The summed E-state index contributed by atoms with van der Waals surface area (Å²) >= 11 is 0. The molecule has 0 fully saturated rings. The topological polar surface area (TPSA) is 111 Å². The van der Waals surface area contributed by atoms with Crippen molar-refractivity contribution in [1.29, 1.82) is 0 Å². The van der Waals surface area contributed by atoms with Crippen LogP contribution in [0.1, 0.15) is 6.92 Å². The molecule has 0 aliphatic heterocycles. The first-order chi connectivity index (χ1) is 13.4. The standard InChI is InChI=1S/C19H17N2O6P/c1-13(19(22)23)20-28(26-16-11-9-15(10-12-16)21(24)25)27-18-8-4-6-14-5-2-3-7-17(14)18/h2-13,20H,1H3,(H,22,23). The van der Waals surface area contributed by atoms with E-state index in [9.17, 15) is 20.0 Å². The maximum absolute atomic E-state index is 11.2. The van der Waals surface area contributed by atoms with Crippen LogP contribution in [0.2, 0.25) is 0 Å². The Morgan fingerprint density at radius 2 is 1.75 bits per heavy atom. The van der Waals surface area contributed by atoms with E-state index in [2.05, 4.69) is 5.09 Å². The van der Waals surface area contributed by atoms with Gasteiger partial charge in [0.25, 0.3) is 5.69 Å². The lowest BCUT2D eigenvalue weighted by Crippen LogP contribution is -2.32. The summed E-state index contributed by atoms with van der Waals surface area (Å²) in [6, 6.07) is 17.7. The van der Waals surface area contributed by atoms with Gasteiger partial charge in [-0.3, -0.25) is 14.9 Å². The highest BCUT2D eigenvalue weighted by Gasteiger charge is 2.23. The second-order valence-electron chi connectivity index (χ2n) is 5.86. The number of rotatable bonds is 8. The van der Waals surface area contributed by atoms with Crippen LogP contribution in [-0.4, -0.2) is 22.0 Å². The smallest absolute Gasteiger partial charge is 0.382 e. The van der Waals surface area contributed by atoms with Crippen LogP contribution < -0.4 is 14.1 Å². The molecule has 0 spiro atoms. The van der Waals surface area contributed by atoms with Crippen LogP contribution in [0.15, 0.2) is 66.7 Å². The SMILES string of the molecule is CC(NP(Oc1ccc([N+](=O)[O-])cc1)Oc1cccc2ccccc12)C(=O)O. The van der Waals surface area contributed by atoms with Crippen molar-refractivity contribution in [3.8, 4) is 11.5 Å². The van der Waals surface area contributed by atoms with Crippen molar-refractivity contribution >= 4 is 31.0 Å². The first kappa shape index (κ1) is 19.5. The molecule has 144 valence electrons. The molecule has 2 atom stereocenters. The third-order valence-electron chi connectivity index (χ3n) is 3.84. The Morgan fingerprint density at radius 3 is 2.43 bits per heavy atom. The van der Waals surface area contributed by atoms with Crippen molar-refractivity contribution in [2.75, 3.05) is 0 Å². The predicted molar refractivity (Wildman–Crippen MR) is 105 cm³/mol. The molecule has 0 aliphatic carbocycles.